The normalized spacial score (nSPS) is 12.1. The van der Waals surface area contributed by atoms with Crippen LogP contribution in [0.15, 0.2) is 35.0 Å². The quantitative estimate of drug-likeness (QED) is 0.375. The highest BCUT2D eigenvalue weighted by Crippen LogP contribution is 2.15. The number of hydrogen-bond acceptors (Lipinski definition) is 5. The first-order chi connectivity index (χ1) is 10.1. The standard InChI is InChI=1S/C15H17FN2O3/c1-3-4-18-14(12(8-17)9-19)10-5-11(15(20)21-2)7-13(16)6-10/h5-9H,3-4,17H2,1-2H3/b12-8-,18-14?. The van der Waals surface area contributed by atoms with E-state index in [4.69, 9.17) is 5.73 Å². The smallest absolute Gasteiger partial charge is 0.337 e. The van der Waals surface area contributed by atoms with E-state index >= 15 is 0 Å². The molecule has 0 radical (unpaired) electrons. The largest absolute Gasteiger partial charge is 0.465 e. The minimum atomic E-state index is -0.671. The zero-order valence-corrected chi connectivity index (χ0v) is 11.9. The number of allylic oxidation sites excluding steroid dienone is 1. The molecule has 0 spiro atoms. The van der Waals surface area contributed by atoms with Crippen LogP contribution in [0.5, 0.6) is 0 Å². The van der Waals surface area contributed by atoms with Crippen LogP contribution in [-0.2, 0) is 9.53 Å². The highest BCUT2D eigenvalue weighted by atomic mass is 19.1. The molecular weight excluding hydrogens is 275 g/mol. The van der Waals surface area contributed by atoms with Gasteiger partial charge in [-0.15, -0.1) is 0 Å². The van der Waals surface area contributed by atoms with Crippen molar-refractivity contribution in [1.82, 2.24) is 0 Å². The highest BCUT2D eigenvalue weighted by molar-refractivity contribution is 6.23. The maximum atomic E-state index is 13.7. The second-order valence-electron chi connectivity index (χ2n) is 4.19. The van der Waals surface area contributed by atoms with Gasteiger partial charge in [0.15, 0.2) is 6.29 Å². The molecule has 0 aliphatic rings. The number of esters is 1. The van der Waals surface area contributed by atoms with Crippen LogP contribution >= 0.6 is 0 Å². The second kappa shape index (κ2) is 7.94. The fourth-order valence-electron chi connectivity index (χ4n) is 1.71. The molecule has 0 aliphatic heterocycles. The molecule has 1 rings (SSSR count). The van der Waals surface area contributed by atoms with Crippen LogP contribution in [0.25, 0.3) is 0 Å². The van der Waals surface area contributed by atoms with E-state index in [1.807, 2.05) is 6.92 Å². The van der Waals surface area contributed by atoms with Crippen molar-refractivity contribution in [3.63, 3.8) is 0 Å². The number of nitrogens with two attached hydrogens (primary N) is 1. The Morgan fingerprint density at radius 3 is 2.57 bits per heavy atom. The Hall–Kier alpha value is -2.50. The lowest BCUT2D eigenvalue weighted by Crippen LogP contribution is -2.12. The van der Waals surface area contributed by atoms with Crippen LogP contribution in [0.4, 0.5) is 4.39 Å². The van der Waals surface area contributed by atoms with Crippen LogP contribution in [0.3, 0.4) is 0 Å². The monoisotopic (exact) mass is 292 g/mol. The van der Waals surface area contributed by atoms with Gasteiger partial charge in [0.1, 0.15) is 5.82 Å². The summed E-state index contributed by atoms with van der Waals surface area (Å²) in [6.45, 7) is 2.36. The minimum Gasteiger partial charge on any atom is -0.465 e. The Balaban J connectivity index is 3.41. The van der Waals surface area contributed by atoms with Crippen molar-refractivity contribution in [1.29, 1.82) is 0 Å². The summed E-state index contributed by atoms with van der Waals surface area (Å²) in [5.41, 5.74) is 6.11. The van der Waals surface area contributed by atoms with Gasteiger partial charge in [0.25, 0.3) is 0 Å². The fraction of sp³-hybridized carbons (Fsp3) is 0.267. The molecule has 0 fully saturated rings. The predicted octanol–water partition coefficient (Wildman–Crippen LogP) is 1.85. The summed E-state index contributed by atoms with van der Waals surface area (Å²) in [6, 6.07) is 3.66. The molecule has 0 aliphatic carbocycles. The number of rotatable bonds is 6. The van der Waals surface area contributed by atoms with Crippen LogP contribution < -0.4 is 5.73 Å². The third-order valence-corrected chi connectivity index (χ3v) is 2.67. The number of nitrogens with zero attached hydrogens (tertiary/aromatic N) is 1. The maximum Gasteiger partial charge on any atom is 0.337 e. The summed E-state index contributed by atoms with van der Waals surface area (Å²) in [4.78, 5) is 26.8. The molecule has 2 N–H and O–H groups in total. The summed E-state index contributed by atoms with van der Waals surface area (Å²) in [5, 5.41) is 0. The number of aldehydes is 1. The van der Waals surface area contributed by atoms with Gasteiger partial charge in [0.2, 0.25) is 0 Å². The van der Waals surface area contributed by atoms with Gasteiger partial charge in [0, 0.05) is 18.3 Å². The number of aliphatic imine (C=N–C) groups is 1. The van der Waals surface area contributed by atoms with E-state index in [1.165, 1.54) is 19.2 Å². The van der Waals surface area contributed by atoms with Crippen LogP contribution in [0.1, 0.15) is 29.3 Å². The van der Waals surface area contributed by atoms with Crippen molar-refractivity contribution < 1.29 is 18.7 Å². The van der Waals surface area contributed by atoms with Crippen LogP contribution in [0.2, 0.25) is 0 Å². The topological polar surface area (TPSA) is 81.8 Å². The SMILES string of the molecule is CCCN=C(/C(C=O)=C\N)c1cc(F)cc(C(=O)OC)c1. The molecule has 0 saturated heterocycles. The molecule has 0 amide bonds. The average molecular weight is 292 g/mol. The van der Waals surface area contributed by atoms with Crippen molar-refractivity contribution >= 4 is 18.0 Å². The van der Waals surface area contributed by atoms with E-state index in [-0.39, 0.29) is 16.8 Å². The zero-order valence-electron chi connectivity index (χ0n) is 11.9. The summed E-state index contributed by atoms with van der Waals surface area (Å²) in [5.74, 6) is -1.30. The number of benzene rings is 1. The van der Waals surface area contributed by atoms with Crippen molar-refractivity contribution in [3.05, 3.63) is 46.9 Å². The van der Waals surface area contributed by atoms with E-state index in [1.54, 1.807) is 0 Å². The average Bonchev–Trinajstić information content (AvgIpc) is 2.49. The van der Waals surface area contributed by atoms with Gasteiger partial charge in [-0.2, -0.15) is 0 Å². The summed E-state index contributed by atoms with van der Waals surface area (Å²) in [7, 11) is 1.20. The summed E-state index contributed by atoms with van der Waals surface area (Å²) < 4.78 is 18.2. The van der Waals surface area contributed by atoms with Gasteiger partial charge >= 0.3 is 5.97 Å². The Labute approximate surface area is 122 Å². The zero-order chi connectivity index (χ0) is 15.8. The maximum absolute atomic E-state index is 13.7. The van der Waals surface area contributed by atoms with Gasteiger partial charge in [-0.1, -0.05) is 6.92 Å². The molecule has 21 heavy (non-hydrogen) atoms. The molecule has 0 aromatic heterocycles. The van der Waals surface area contributed by atoms with Gasteiger partial charge in [-0.05, 0) is 24.6 Å². The summed E-state index contributed by atoms with van der Waals surface area (Å²) in [6.07, 6.45) is 2.39. The molecule has 0 heterocycles. The first-order valence-electron chi connectivity index (χ1n) is 6.38. The Morgan fingerprint density at radius 2 is 2.05 bits per heavy atom. The number of ether oxygens (including phenoxy) is 1. The van der Waals surface area contributed by atoms with Gasteiger partial charge < -0.3 is 10.5 Å². The number of hydrogen-bond donors (Lipinski definition) is 1. The van der Waals surface area contributed by atoms with E-state index < -0.39 is 11.8 Å². The minimum absolute atomic E-state index is 0.0407. The van der Waals surface area contributed by atoms with Crippen molar-refractivity contribution in [3.8, 4) is 0 Å². The molecule has 0 bridgehead atoms. The first kappa shape index (κ1) is 16.6. The Kier molecular flexibility index (Phi) is 6.26. The molecule has 6 heteroatoms. The lowest BCUT2D eigenvalue weighted by molar-refractivity contribution is -0.104. The fourth-order valence-corrected chi connectivity index (χ4v) is 1.71. The number of carbonyl (C=O) groups excluding carboxylic acids is 2. The molecule has 0 atom stereocenters. The third kappa shape index (κ3) is 4.24. The lowest BCUT2D eigenvalue weighted by Gasteiger charge is -2.08. The Morgan fingerprint density at radius 1 is 1.38 bits per heavy atom. The van der Waals surface area contributed by atoms with Gasteiger partial charge in [0.05, 0.1) is 24.0 Å². The van der Waals surface area contributed by atoms with Gasteiger partial charge in [-0.25, -0.2) is 9.18 Å². The highest BCUT2D eigenvalue weighted by Gasteiger charge is 2.15. The van der Waals surface area contributed by atoms with E-state index in [0.717, 1.165) is 18.7 Å². The number of methoxy groups -OCH3 is 1. The number of carbonyl (C=O) groups is 2. The van der Waals surface area contributed by atoms with Crippen LogP contribution in [0, 0.1) is 5.82 Å². The second-order valence-corrected chi connectivity index (χ2v) is 4.19. The van der Waals surface area contributed by atoms with E-state index in [0.29, 0.717) is 18.4 Å². The Bertz CT molecular complexity index is 595. The molecule has 5 nitrogen and oxygen atoms in total. The molecule has 1 aromatic rings. The lowest BCUT2D eigenvalue weighted by atomic mass is 10.0. The molecule has 1 aromatic carbocycles. The molecule has 0 saturated carbocycles. The van der Waals surface area contributed by atoms with Crippen molar-refractivity contribution in [2.24, 2.45) is 10.7 Å². The van der Waals surface area contributed by atoms with Crippen molar-refractivity contribution in [2.45, 2.75) is 13.3 Å². The molecule has 0 unspecified atom stereocenters. The van der Waals surface area contributed by atoms with Crippen molar-refractivity contribution in [2.75, 3.05) is 13.7 Å². The molecular formula is C15H17FN2O3. The van der Waals surface area contributed by atoms with E-state index in [9.17, 15) is 14.0 Å². The van der Waals surface area contributed by atoms with Crippen LogP contribution in [-0.4, -0.2) is 31.6 Å². The van der Waals surface area contributed by atoms with E-state index in [2.05, 4.69) is 9.73 Å². The third-order valence-electron chi connectivity index (χ3n) is 2.67. The predicted molar refractivity (Wildman–Crippen MR) is 77.8 cm³/mol. The van der Waals surface area contributed by atoms with Gasteiger partial charge in [-0.3, -0.25) is 9.79 Å². The number of halogens is 1. The summed E-state index contributed by atoms with van der Waals surface area (Å²) >= 11 is 0. The first-order valence-corrected chi connectivity index (χ1v) is 6.38. The molecule has 112 valence electrons.